The largest absolute Gasteiger partial charge is 0.493 e. The summed E-state index contributed by atoms with van der Waals surface area (Å²) >= 11 is 0. The highest BCUT2D eigenvalue weighted by Gasteiger charge is 2.27. The van der Waals surface area contributed by atoms with Crippen molar-refractivity contribution >= 4 is 11.8 Å². The van der Waals surface area contributed by atoms with Crippen LogP contribution < -0.4 is 18.9 Å². The van der Waals surface area contributed by atoms with Gasteiger partial charge in [-0.15, -0.1) is 0 Å². The smallest absolute Gasteiger partial charge is 0.277 e. The Kier molecular flexibility index (Phi) is 4.24. The number of hydrogen-bond donors (Lipinski definition) is 0. The molecule has 0 aromatic heterocycles. The van der Waals surface area contributed by atoms with Crippen LogP contribution in [0.5, 0.6) is 23.0 Å². The first kappa shape index (κ1) is 15.7. The average Bonchev–Trinajstić information content (AvgIpc) is 3.08. The normalized spacial score (nSPS) is 12.8. The van der Waals surface area contributed by atoms with Gasteiger partial charge in [0.1, 0.15) is 0 Å². The summed E-state index contributed by atoms with van der Waals surface area (Å²) in [5.41, 5.74) is 0.894. The number of benzene rings is 2. The Bertz CT molecular complexity index is 800. The maximum Gasteiger partial charge on any atom is 0.277 e. The molecule has 24 heavy (non-hydrogen) atoms. The van der Waals surface area contributed by atoms with Crippen LogP contribution in [-0.2, 0) is 0 Å². The molecular formula is C17H15NO6. The van der Waals surface area contributed by atoms with E-state index in [1.807, 2.05) is 0 Å². The molecule has 3 rings (SSSR count). The average molecular weight is 329 g/mol. The summed E-state index contributed by atoms with van der Waals surface area (Å²) in [5, 5.41) is 11.5. The van der Waals surface area contributed by atoms with Gasteiger partial charge < -0.3 is 18.9 Å². The number of rotatable bonds is 5. The van der Waals surface area contributed by atoms with E-state index in [4.69, 9.17) is 18.9 Å². The third kappa shape index (κ3) is 2.71. The van der Waals surface area contributed by atoms with Gasteiger partial charge in [0.25, 0.3) is 5.70 Å². The topological polar surface area (TPSA) is 80.1 Å². The Morgan fingerprint density at radius 2 is 1.88 bits per heavy atom. The van der Waals surface area contributed by atoms with Gasteiger partial charge in [-0.2, -0.15) is 0 Å². The lowest BCUT2D eigenvalue weighted by Crippen LogP contribution is -1.99. The number of hydrogen-bond acceptors (Lipinski definition) is 6. The summed E-state index contributed by atoms with van der Waals surface area (Å²) in [6.07, 6.45) is 1.43. The van der Waals surface area contributed by atoms with Crippen molar-refractivity contribution in [2.45, 2.75) is 0 Å². The Labute approximate surface area is 138 Å². The Hall–Kier alpha value is -3.22. The van der Waals surface area contributed by atoms with Crippen LogP contribution in [0.25, 0.3) is 11.8 Å². The minimum Gasteiger partial charge on any atom is -0.493 e. The van der Waals surface area contributed by atoms with E-state index in [1.165, 1.54) is 20.3 Å². The molecule has 0 bridgehead atoms. The van der Waals surface area contributed by atoms with Crippen molar-refractivity contribution in [2.24, 2.45) is 0 Å². The first-order valence-corrected chi connectivity index (χ1v) is 7.11. The molecule has 1 aliphatic heterocycles. The fraction of sp³-hybridized carbons (Fsp3) is 0.176. The van der Waals surface area contributed by atoms with E-state index in [0.717, 1.165) is 0 Å². The van der Waals surface area contributed by atoms with Crippen LogP contribution in [0.15, 0.2) is 36.4 Å². The van der Waals surface area contributed by atoms with Crippen LogP contribution in [-0.4, -0.2) is 25.9 Å². The van der Waals surface area contributed by atoms with Gasteiger partial charge in [-0.3, -0.25) is 10.1 Å². The van der Waals surface area contributed by atoms with E-state index in [9.17, 15) is 10.1 Å². The SMILES string of the molecule is COc1cc(/C=C(/c2ccccc2)[N+](=O)[O-])c(OC)c2c1OCO2. The summed E-state index contributed by atoms with van der Waals surface area (Å²) in [6, 6.07) is 10.2. The monoisotopic (exact) mass is 329 g/mol. The summed E-state index contributed by atoms with van der Waals surface area (Å²) in [5.74, 6) is 1.58. The lowest BCUT2D eigenvalue weighted by molar-refractivity contribution is -0.374. The van der Waals surface area contributed by atoms with Gasteiger partial charge >= 0.3 is 0 Å². The van der Waals surface area contributed by atoms with Gasteiger partial charge in [0.15, 0.2) is 11.5 Å². The molecule has 7 heteroatoms. The van der Waals surface area contributed by atoms with Crippen molar-refractivity contribution in [3.05, 3.63) is 57.6 Å². The molecule has 2 aromatic carbocycles. The van der Waals surface area contributed by atoms with E-state index in [1.54, 1.807) is 36.4 Å². The molecule has 0 unspecified atom stereocenters. The fourth-order valence-corrected chi connectivity index (χ4v) is 2.50. The molecular weight excluding hydrogens is 314 g/mol. The molecule has 0 saturated heterocycles. The molecule has 0 N–H and O–H groups in total. The predicted octanol–water partition coefficient (Wildman–Crippen LogP) is 3.21. The second-order valence-electron chi connectivity index (χ2n) is 4.92. The van der Waals surface area contributed by atoms with Gasteiger partial charge in [0, 0.05) is 11.6 Å². The molecule has 0 radical (unpaired) electrons. The van der Waals surface area contributed by atoms with Gasteiger partial charge in [0.05, 0.1) is 24.7 Å². The summed E-state index contributed by atoms with van der Waals surface area (Å²) in [7, 11) is 2.96. The third-order valence-corrected chi connectivity index (χ3v) is 3.57. The minimum atomic E-state index is -0.439. The van der Waals surface area contributed by atoms with E-state index in [2.05, 4.69) is 0 Å². The van der Waals surface area contributed by atoms with Gasteiger partial charge in [0.2, 0.25) is 18.3 Å². The summed E-state index contributed by atoms with van der Waals surface area (Å²) in [4.78, 5) is 11.1. The van der Waals surface area contributed by atoms with E-state index in [0.29, 0.717) is 34.1 Å². The van der Waals surface area contributed by atoms with Crippen LogP contribution >= 0.6 is 0 Å². The molecule has 0 amide bonds. The van der Waals surface area contributed by atoms with Gasteiger partial charge in [-0.1, -0.05) is 18.2 Å². The molecule has 0 aliphatic carbocycles. The molecule has 2 aromatic rings. The quantitative estimate of drug-likeness (QED) is 0.476. The number of nitrogens with zero attached hydrogens (tertiary/aromatic N) is 1. The number of ether oxygens (including phenoxy) is 4. The first-order valence-electron chi connectivity index (χ1n) is 7.11. The minimum absolute atomic E-state index is 0.0377. The van der Waals surface area contributed by atoms with Crippen molar-refractivity contribution in [3.8, 4) is 23.0 Å². The van der Waals surface area contributed by atoms with Gasteiger partial charge in [-0.05, 0) is 18.2 Å². The van der Waals surface area contributed by atoms with Crippen molar-refractivity contribution in [1.82, 2.24) is 0 Å². The molecule has 0 fully saturated rings. The van der Waals surface area contributed by atoms with Crippen LogP contribution in [0.3, 0.4) is 0 Å². The van der Waals surface area contributed by atoms with Crippen LogP contribution in [0.1, 0.15) is 11.1 Å². The highest BCUT2D eigenvalue weighted by Crippen LogP contribution is 2.50. The van der Waals surface area contributed by atoms with E-state index >= 15 is 0 Å². The molecule has 7 nitrogen and oxygen atoms in total. The van der Waals surface area contributed by atoms with Crippen LogP contribution in [0.2, 0.25) is 0 Å². The molecule has 0 saturated carbocycles. The molecule has 124 valence electrons. The maximum atomic E-state index is 11.5. The maximum absolute atomic E-state index is 11.5. The lowest BCUT2D eigenvalue weighted by Gasteiger charge is -2.11. The third-order valence-electron chi connectivity index (χ3n) is 3.57. The van der Waals surface area contributed by atoms with Crippen molar-refractivity contribution < 1.29 is 23.9 Å². The van der Waals surface area contributed by atoms with E-state index < -0.39 is 4.92 Å². The number of nitro groups is 1. The Morgan fingerprint density at radius 3 is 2.50 bits per heavy atom. The number of methoxy groups -OCH3 is 2. The zero-order valence-electron chi connectivity index (χ0n) is 13.1. The molecule has 0 spiro atoms. The Morgan fingerprint density at radius 1 is 1.17 bits per heavy atom. The lowest BCUT2D eigenvalue weighted by atomic mass is 10.1. The zero-order chi connectivity index (χ0) is 17.1. The van der Waals surface area contributed by atoms with Crippen molar-refractivity contribution in [3.63, 3.8) is 0 Å². The summed E-state index contributed by atoms with van der Waals surface area (Å²) in [6.45, 7) is 0.0377. The van der Waals surface area contributed by atoms with Gasteiger partial charge in [-0.25, -0.2) is 0 Å². The molecule has 1 aliphatic rings. The van der Waals surface area contributed by atoms with E-state index in [-0.39, 0.29) is 12.5 Å². The highest BCUT2D eigenvalue weighted by atomic mass is 16.7. The van der Waals surface area contributed by atoms with Crippen molar-refractivity contribution in [2.75, 3.05) is 21.0 Å². The Balaban J connectivity index is 2.19. The molecule has 1 heterocycles. The highest BCUT2D eigenvalue weighted by molar-refractivity contribution is 5.82. The molecule has 0 atom stereocenters. The standard InChI is InChI=1S/C17H15NO6/c1-21-14-9-12(15(22-2)17-16(14)23-10-24-17)8-13(18(19)20)11-6-4-3-5-7-11/h3-9H,10H2,1-2H3/b13-8-. The zero-order valence-corrected chi connectivity index (χ0v) is 13.1. The fourth-order valence-electron chi connectivity index (χ4n) is 2.50. The van der Waals surface area contributed by atoms with Crippen molar-refractivity contribution in [1.29, 1.82) is 0 Å². The second kappa shape index (κ2) is 6.49. The first-order chi connectivity index (χ1) is 11.7. The summed E-state index contributed by atoms with van der Waals surface area (Å²) < 4.78 is 21.5. The second-order valence-corrected chi connectivity index (χ2v) is 4.92. The predicted molar refractivity (Wildman–Crippen MR) is 87.0 cm³/mol. The van der Waals surface area contributed by atoms with Crippen LogP contribution in [0, 0.1) is 10.1 Å². The van der Waals surface area contributed by atoms with Crippen LogP contribution in [0.4, 0.5) is 0 Å². The number of fused-ring (bicyclic) bond motifs is 1.